The molecule has 58 heavy (non-hydrogen) atoms. The lowest BCUT2D eigenvalue weighted by molar-refractivity contribution is -0.122. The van der Waals surface area contributed by atoms with E-state index in [0.717, 1.165) is 41.5 Å². The quantitative estimate of drug-likeness (QED) is 0.0515. The molecule has 1 amide bonds. The highest BCUT2D eigenvalue weighted by Gasteiger charge is 2.51. The van der Waals surface area contributed by atoms with E-state index in [-0.39, 0.29) is 35.9 Å². The van der Waals surface area contributed by atoms with Crippen LogP contribution >= 0.6 is 0 Å². The van der Waals surface area contributed by atoms with E-state index in [1.165, 1.54) is 74.6 Å². The lowest BCUT2D eigenvalue weighted by Crippen LogP contribution is -2.67. The Hall–Kier alpha value is -4.04. The summed E-state index contributed by atoms with van der Waals surface area (Å²) in [4.78, 5) is 26.6. The van der Waals surface area contributed by atoms with Gasteiger partial charge in [-0.2, -0.15) is 0 Å². The highest BCUT2D eigenvalue weighted by atomic mass is 28.4. The molecule has 4 aromatic carbocycles. The topological polar surface area (TPSA) is 84.9 Å². The molecule has 2 N–H and O–H groups in total. The van der Waals surface area contributed by atoms with Crippen LogP contribution in [0.15, 0.2) is 109 Å². The molecule has 0 aliphatic heterocycles. The van der Waals surface area contributed by atoms with Crippen molar-refractivity contribution < 1.29 is 23.9 Å². The Labute approximate surface area is 350 Å². The van der Waals surface area contributed by atoms with Crippen LogP contribution in [-0.4, -0.2) is 50.7 Å². The van der Waals surface area contributed by atoms with E-state index in [4.69, 9.17) is 9.16 Å². The van der Waals surface area contributed by atoms with Crippen molar-refractivity contribution in [2.24, 2.45) is 0 Å². The summed E-state index contributed by atoms with van der Waals surface area (Å²) >= 11 is 0. The van der Waals surface area contributed by atoms with E-state index >= 15 is 0 Å². The minimum atomic E-state index is -2.80. The van der Waals surface area contributed by atoms with Gasteiger partial charge in [0.2, 0.25) is 0 Å². The van der Waals surface area contributed by atoms with E-state index in [2.05, 4.69) is 118 Å². The normalized spacial score (nSPS) is 13.7. The molecular formula is C51H69NO5Si. The van der Waals surface area contributed by atoms with Gasteiger partial charge in [0, 0.05) is 18.4 Å². The zero-order valence-electron chi connectivity index (χ0n) is 35.7. The average molecular weight is 804 g/mol. The summed E-state index contributed by atoms with van der Waals surface area (Å²) in [7, 11) is -2.80. The Morgan fingerprint density at radius 3 is 1.62 bits per heavy atom. The Bertz CT molecular complexity index is 1740. The second kappa shape index (κ2) is 22.9. The summed E-state index contributed by atoms with van der Waals surface area (Å²) in [6, 6.07) is 36.9. The number of alkyl carbamates (subject to hydrolysis) is 1. The molecule has 2 atom stereocenters. The minimum Gasteiger partial charge on any atom is -0.449 e. The molecule has 1 aliphatic carbocycles. The Morgan fingerprint density at radius 1 is 0.655 bits per heavy atom. The molecule has 312 valence electrons. The number of carbonyl (C=O) groups is 2. The van der Waals surface area contributed by atoms with Gasteiger partial charge in [0.25, 0.3) is 8.32 Å². The molecule has 1 aliphatic rings. The predicted molar refractivity (Wildman–Crippen MR) is 242 cm³/mol. The summed E-state index contributed by atoms with van der Waals surface area (Å²) in [6.07, 6.45) is 15.9. The van der Waals surface area contributed by atoms with Gasteiger partial charge in [-0.1, -0.05) is 208 Å². The van der Waals surface area contributed by atoms with Crippen LogP contribution in [0.1, 0.15) is 141 Å². The molecule has 0 radical (unpaired) electrons. The van der Waals surface area contributed by atoms with Gasteiger partial charge < -0.3 is 19.6 Å². The first kappa shape index (κ1) is 45.0. The monoisotopic (exact) mass is 803 g/mol. The number of benzene rings is 4. The number of rotatable bonds is 25. The summed E-state index contributed by atoms with van der Waals surface area (Å²) in [5, 5.41) is 15.3. The zero-order valence-corrected chi connectivity index (χ0v) is 36.7. The number of aliphatic hydroxyl groups excluding tert-OH is 1. The second-order valence-electron chi connectivity index (χ2n) is 17.3. The molecule has 5 rings (SSSR count). The van der Waals surface area contributed by atoms with Gasteiger partial charge in [-0.3, -0.25) is 4.79 Å². The maximum atomic E-state index is 13.6. The van der Waals surface area contributed by atoms with Crippen LogP contribution < -0.4 is 15.7 Å². The number of ketones is 1. The van der Waals surface area contributed by atoms with Crippen LogP contribution in [0.3, 0.4) is 0 Å². The number of ether oxygens (including phenoxy) is 1. The van der Waals surface area contributed by atoms with Gasteiger partial charge in [0.1, 0.15) is 12.6 Å². The van der Waals surface area contributed by atoms with Gasteiger partial charge in [-0.15, -0.1) is 0 Å². The zero-order chi connectivity index (χ0) is 41.2. The van der Waals surface area contributed by atoms with Crippen molar-refractivity contribution in [3.8, 4) is 11.1 Å². The maximum Gasteiger partial charge on any atom is 0.407 e. The first-order valence-corrected chi connectivity index (χ1v) is 24.1. The Balaban J connectivity index is 1.20. The molecule has 0 bridgehead atoms. The van der Waals surface area contributed by atoms with Crippen molar-refractivity contribution >= 4 is 30.6 Å². The summed E-state index contributed by atoms with van der Waals surface area (Å²) in [5.41, 5.74) is 4.54. The van der Waals surface area contributed by atoms with E-state index in [1.54, 1.807) is 0 Å². The van der Waals surface area contributed by atoms with Gasteiger partial charge in [0.05, 0.1) is 6.61 Å². The largest absolute Gasteiger partial charge is 0.449 e. The van der Waals surface area contributed by atoms with Crippen molar-refractivity contribution in [2.45, 2.75) is 147 Å². The fraction of sp³-hybridized carbons (Fsp3) is 0.490. The van der Waals surface area contributed by atoms with Gasteiger partial charge >= 0.3 is 6.09 Å². The molecule has 0 fully saturated rings. The highest BCUT2D eigenvalue weighted by Crippen LogP contribution is 2.44. The first-order chi connectivity index (χ1) is 28.2. The molecule has 0 heterocycles. The number of aliphatic hydroxyl groups is 1. The summed E-state index contributed by atoms with van der Waals surface area (Å²) in [5.74, 6) is -0.288. The van der Waals surface area contributed by atoms with E-state index in [0.29, 0.717) is 6.42 Å². The van der Waals surface area contributed by atoms with Crippen molar-refractivity contribution in [3.63, 3.8) is 0 Å². The number of carbonyl (C=O) groups excluding carboxylic acids is 2. The smallest absolute Gasteiger partial charge is 0.407 e. The third-order valence-corrected chi connectivity index (χ3v) is 17.1. The summed E-state index contributed by atoms with van der Waals surface area (Å²) < 4.78 is 13.3. The van der Waals surface area contributed by atoms with Crippen LogP contribution in [0.5, 0.6) is 0 Å². The molecule has 1 unspecified atom stereocenters. The molecule has 0 saturated carbocycles. The molecule has 0 saturated heterocycles. The van der Waals surface area contributed by atoms with Gasteiger partial charge in [-0.05, 0) is 56.9 Å². The van der Waals surface area contributed by atoms with E-state index < -0.39 is 27.1 Å². The Morgan fingerprint density at radius 2 is 1.12 bits per heavy atom. The van der Waals surface area contributed by atoms with Crippen molar-refractivity contribution in [1.82, 2.24) is 5.32 Å². The second-order valence-corrected chi connectivity index (χ2v) is 21.5. The molecular weight excluding hydrogens is 735 g/mol. The number of fused-ring (bicyclic) bond motifs is 3. The van der Waals surface area contributed by atoms with Crippen molar-refractivity contribution in [2.75, 3.05) is 13.2 Å². The van der Waals surface area contributed by atoms with Crippen LogP contribution in [0.4, 0.5) is 4.79 Å². The minimum absolute atomic E-state index is 0.0414. The number of unbranched alkanes of at least 4 members (excludes halogenated alkanes) is 10. The number of nitrogens with one attached hydrogen (secondary N) is 1. The third-order valence-electron chi connectivity index (χ3n) is 12.0. The average Bonchev–Trinajstić information content (AvgIpc) is 3.56. The predicted octanol–water partition coefficient (Wildman–Crippen LogP) is 11.3. The van der Waals surface area contributed by atoms with Crippen LogP contribution in [0.2, 0.25) is 5.04 Å². The SMILES string of the molecule is CCCCCCCCCCCCCC(CCCC(=O)[C@H](CO)NC(=O)OCC1c2ccccc2-c2ccccc21)O[Si](c1ccccc1)(c1ccccc1)C(C)(C)C. The number of Topliss-reactive ketones (excluding diaryl/α,β-unsaturated/α-hetero) is 1. The Kier molecular flexibility index (Phi) is 17.8. The number of hydrogen-bond donors (Lipinski definition) is 2. The third kappa shape index (κ3) is 12.0. The van der Waals surface area contributed by atoms with E-state index in [1.807, 2.05) is 24.3 Å². The molecule has 7 heteroatoms. The lowest BCUT2D eigenvalue weighted by Gasteiger charge is -2.45. The van der Waals surface area contributed by atoms with Crippen molar-refractivity contribution in [3.05, 3.63) is 120 Å². The first-order valence-electron chi connectivity index (χ1n) is 22.2. The molecule has 0 aromatic heterocycles. The molecule has 4 aromatic rings. The van der Waals surface area contributed by atoms with Crippen molar-refractivity contribution in [1.29, 1.82) is 0 Å². The van der Waals surface area contributed by atoms with E-state index in [9.17, 15) is 14.7 Å². The van der Waals surface area contributed by atoms with Crippen LogP contribution in [0, 0.1) is 0 Å². The maximum absolute atomic E-state index is 13.6. The van der Waals surface area contributed by atoms with Crippen LogP contribution in [0.25, 0.3) is 11.1 Å². The fourth-order valence-electron chi connectivity index (χ4n) is 8.93. The van der Waals surface area contributed by atoms with Crippen LogP contribution in [-0.2, 0) is 14.0 Å². The molecule has 6 nitrogen and oxygen atoms in total. The lowest BCUT2D eigenvalue weighted by atomic mass is 9.98. The van der Waals surface area contributed by atoms with Gasteiger partial charge in [0.15, 0.2) is 5.78 Å². The highest BCUT2D eigenvalue weighted by molar-refractivity contribution is 6.99. The molecule has 0 spiro atoms. The number of amides is 1. The standard InChI is InChI=1S/C51H69NO5Si/c1-5-6-7-8-9-10-11-12-13-14-17-27-40(57-58(51(2,3)4,41-29-18-15-19-30-41)42-31-20-16-21-32-42)28-26-37-49(54)48(38-53)52-50(55)56-39-47-45-35-24-22-33-43(45)44-34-23-25-36-46(44)47/h15-16,18-25,29-36,40,47-48,53H,5-14,17,26-28,37-39H2,1-4H3,(H,52,55)/t40?,48-/m0/s1. The fourth-order valence-corrected chi connectivity index (χ4v) is 13.7. The summed E-state index contributed by atoms with van der Waals surface area (Å²) in [6.45, 7) is 8.86. The van der Waals surface area contributed by atoms with Gasteiger partial charge in [-0.25, -0.2) is 4.79 Å². The number of hydrogen-bond acceptors (Lipinski definition) is 5.